The molecule has 3 heterocycles. The Morgan fingerprint density at radius 1 is 1.37 bits per heavy atom. The lowest BCUT2D eigenvalue weighted by Gasteiger charge is -2.24. The van der Waals surface area contributed by atoms with Crippen molar-refractivity contribution in [2.24, 2.45) is 0 Å². The van der Waals surface area contributed by atoms with Crippen LogP contribution in [0.25, 0.3) is 11.2 Å². The Labute approximate surface area is 126 Å². The Kier molecular flexibility index (Phi) is 4.20. The lowest BCUT2D eigenvalue weighted by atomic mass is 10.1. The van der Waals surface area contributed by atoms with Crippen LogP contribution in [0.4, 0.5) is 0 Å². The summed E-state index contributed by atoms with van der Waals surface area (Å²) in [6, 6.07) is 2.38. The minimum Gasteiger partial charge on any atom is -0.309 e. The summed E-state index contributed by atoms with van der Waals surface area (Å²) in [6.45, 7) is 0. The Morgan fingerprint density at radius 2 is 2.16 bits per heavy atom. The van der Waals surface area contributed by atoms with Crippen molar-refractivity contribution < 1.29 is 0 Å². The molecule has 1 aliphatic heterocycles. The third-order valence-electron chi connectivity index (χ3n) is 3.44. The van der Waals surface area contributed by atoms with Gasteiger partial charge in [0.05, 0.1) is 5.02 Å². The van der Waals surface area contributed by atoms with E-state index in [0.717, 1.165) is 23.4 Å². The van der Waals surface area contributed by atoms with E-state index in [1.165, 1.54) is 24.3 Å². The van der Waals surface area contributed by atoms with E-state index in [2.05, 4.69) is 14.5 Å². The number of hydrogen-bond donors (Lipinski definition) is 0. The van der Waals surface area contributed by atoms with Gasteiger partial charge >= 0.3 is 0 Å². The molecule has 0 atom stereocenters. The summed E-state index contributed by atoms with van der Waals surface area (Å²) in [5.74, 6) is 4.03. The number of halogens is 2. The topological polar surface area (TPSA) is 30.7 Å². The van der Waals surface area contributed by atoms with Crippen molar-refractivity contribution in [2.75, 3.05) is 17.4 Å². The molecule has 0 spiro atoms. The van der Waals surface area contributed by atoms with Crippen molar-refractivity contribution in [3.8, 4) is 0 Å². The van der Waals surface area contributed by atoms with E-state index in [9.17, 15) is 0 Å². The number of hydrogen-bond acceptors (Lipinski definition) is 3. The van der Waals surface area contributed by atoms with Crippen LogP contribution in [0.1, 0.15) is 24.7 Å². The van der Waals surface area contributed by atoms with Gasteiger partial charge in [0.1, 0.15) is 11.3 Å². The fourth-order valence-corrected chi connectivity index (χ4v) is 4.00. The zero-order valence-corrected chi connectivity index (χ0v) is 12.8. The molecule has 0 N–H and O–H groups in total. The maximum atomic E-state index is 6.00. The molecular weight excluding hydrogens is 301 g/mol. The second-order valence-electron chi connectivity index (χ2n) is 4.68. The fourth-order valence-electron chi connectivity index (χ4n) is 2.59. The highest BCUT2D eigenvalue weighted by molar-refractivity contribution is 7.99. The minimum atomic E-state index is 0.498. The van der Waals surface area contributed by atoms with Gasteiger partial charge in [0.2, 0.25) is 0 Å². The van der Waals surface area contributed by atoms with Gasteiger partial charge in [-0.3, -0.25) is 0 Å². The van der Waals surface area contributed by atoms with Crippen LogP contribution in [0.3, 0.4) is 0 Å². The Bertz CT molecular complexity index is 579. The fraction of sp³-hybridized carbons (Fsp3) is 0.538. The van der Waals surface area contributed by atoms with Crippen molar-refractivity contribution in [1.82, 2.24) is 14.5 Å². The number of rotatable bonds is 3. The van der Waals surface area contributed by atoms with Crippen molar-refractivity contribution in [3.63, 3.8) is 0 Å². The van der Waals surface area contributed by atoms with Crippen LogP contribution in [0.2, 0.25) is 5.02 Å². The molecule has 0 unspecified atom stereocenters. The van der Waals surface area contributed by atoms with Crippen molar-refractivity contribution in [2.45, 2.75) is 25.3 Å². The quantitative estimate of drug-likeness (QED) is 0.804. The van der Waals surface area contributed by atoms with Crippen molar-refractivity contribution in [3.05, 3.63) is 23.1 Å². The second kappa shape index (κ2) is 5.90. The number of imidazole rings is 1. The van der Waals surface area contributed by atoms with Crippen LogP contribution in [-0.4, -0.2) is 31.9 Å². The summed E-state index contributed by atoms with van der Waals surface area (Å²) in [4.78, 5) is 9.14. The molecule has 2 aromatic rings. The maximum Gasteiger partial charge on any atom is 0.160 e. The maximum absolute atomic E-state index is 6.00. The predicted octanol–water partition coefficient (Wildman–Crippen LogP) is 3.93. The second-order valence-corrected chi connectivity index (χ2v) is 6.72. The smallest absolute Gasteiger partial charge is 0.160 e. The lowest BCUT2D eigenvalue weighted by Crippen LogP contribution is -2.18. The number of aryl methyl sites for hydroxylation is 1. The molecule has 0 aliphatic carbocycles. The average Bonchev–Trinajstić information content (AvgIpc) is 2.77. The van der Waals surface area contributed by atoms with E-state index < -0.39 is 0 Å². The van der Waals surface area contributed by atoms with Crippen molar-refractivity contribution in [1.29, 1.82) is 0 Å². The number of fused-ring (bicyclic) bond motifs is 1. The van der Waals surface area contributed by atoms with Gasteiger partial charge in [0, 0.05) is 24.5 Å². The Balaban J connectivity index is 2.09. The largest absolute Gasteiger partial charge is 0.309 e. The molecule has 6 heteroatoms. The SMILES string of the molecule is ClCCc1nc2cc(Cl)cnc2n1C1CCSCC1. The van der Waals surface area contributed by atoms with Gasteiger partial charge in [-0.25, -0.2) is 9.97 Å². The third-order valence-corrected chi connectivity index (χ3v) is 4.89. The number of thioether (sulfide) groups is 1. The molecule has 3 nitrogen and oxygen atoms in total. The van der Waals surface area contributed by atoms with Gasteiger partial charge in [-0.1, -0.05) is 11.6 Å². The summed E-state index contributed by atoms with van der Waals surface area (Å²) in [7, 11) is 0. The summed E-state index contributed by atoms with van der Waals surface area (Å²) < 4.78 is 2.29. The van der Waals surface area contributed by atoms with E-state index in [1.807, 2.05) is 17.8 Å². The highest BCUT2D eigenvalue weighted by Crippen LogP contribution is 2.31. The molecular formula is C13H15Cl2N3S. The van der Waals surface area contributed by atoms with Crippen LogP contribution in [0.15, 0.2) is 12.3 Å². The summed E-state index contributed by atoms with van der Waals surface area (Å²) in [6.07, 6.45) is 4.83. The first-order valence-corrected chi connectivity index (χ1v) is 8.52. The molecule has 1 aliphatic rings. The van der Waals surface area contributed by atoms with Crippen LogP contribution >= 0.6 is 35.0 Å². The highest BCUT2D eigenvalue weighted by Gasteiger charge is 2.22. The van der Waals surface area contributed by atoms with Crippen LogP contribution in [0, 0.1) is 0 Å². The van der Waals surface area contributed by atoms with Gasteiger partial charge in [0.15, 0.2) is 5.65 Å². The molecule has 102 valence electrons. The van der Waals surface area contributed by atoms with E-state index in [4.69, 9.17) is 23.2 Å². The lowest BCUT2D eigenvalue weighted by molar-refractivity contribution is 0.464. The van der Waals surface area contributed by atoms with E-state index in [1.54, 1.807) is 6.20 Å². The first kappa shape index (κ1) is 13.5. The van der Waals surface area contributed by atoms with Gasteiger partial charge in [0.25, 0.3) is 0 Å². The first-order valence-electron chi connectivity index (χ1n) is 6.45. The average molecular weight is 316 g/mol. The van der Waals surface area contributed by atoms with Crippen LogP contribution < -0.4 is 0 Å². The molecule has 0 amide bonds. The predicted molar refractivity (Wildman–Crippen MR) is 82.6 cm³/mol. The summed E-state index contributed by atoms with van der Waals surface area (Å²) >= 11 is 13.9. The van der Waals surface area contributed by atoms with E-state index in [0.29, 0.717) is 16.9 Å². The molecule has 1 saturated heterocycles. The molecule has 0 saturated carbocycles. The summed E-state index contributed by atoms with van der Waals surface area (Å²) in [5, 5.41) is 0.633. The van der Waals surface area contributed by atoms with E-state index in [-0.39, 0.29) is 0 Å². The standard InChI is InChI=1S/C13H15Cl2N3S/c14-4-1-12-17-11-7-9(15)8-16-13(11)18(12)10-2-5-19-6-3-10/h7-8,10H,1-6H2. The number of alkyl halides is 1. The highest BCUT2D eigenvalue weighted by atomic mass is 35.5. The zero-order valence-electron chi connectivity index (χ0n) is 10.5. The van der Waals surface area contributed by atoms with Gasteiger partial charge < -0.3 is 4.57 Å². The van der Waals surface area contributed by atoms with Crippen LogP contribution in [-0.2, 0) is 6.42 Å². The minimum absolute atomic E-state index is 0.498. The number of aromatic nitrogens is 3. The third kappa shape index (κ3) is 2.71. The van der Waals surface area contributed by atoms with Crippen LogP contribution in [0.5, 0.6) is 0 Å². The van der Waals surface area contributed by atoms with Gasteiger partial charge in [-0.2, -0.15) is 11.8 Å². The molecule has 0 aromatic carbocycles. The summed E-state index contributed by atoms with van der Waals surface area (Å²) in [5.41, 5.74) is 1.83. The Morgan fingerprint density at radius 3 is 2.89 bits per heavy atom. The molecule has 3 rings (SSSR count). The first-order chi connectivity index (χ1) is 9.29. The monoisotopic (exact) mass is 315 g/mol. The zero-order chi connectivity index (χ0) is 13.2. The number of nitrogens with zero attached hydrogens (tertiary/aromatic N) is 3. The molecule has 0 bridgehead atoms. The van der Waals surface area contributed by atoms with Gasteiger partial charge in [-0.05, 0) is 30.4 Å². The van der Waals surface area contributed by atoms with E-state index >= 15 is 0 Å². The normalized spacial score (nSPS) is 17.2. The molecule has 2 aromatic heterocycles. The number of pyridine rings is 1. The molecule has 19 heavy (non-hydrogen) atoms. The van der Waals surface area contributed by atoms with Crippen molar-refractivity contribution >= 4 is 46.1 Å². The molecule has 1 fully saturated rings. The Hall–Kier alpha value is -0.450. The molecule has 0 radical (unpaired) electrons. The van der Waals surface area contributed by atoms with Gasteiger partial charge in [-0.15, -0.1) is 11.6 Å².